The number of hydrogen-bond acceptors (Lipinski definition) is 2. The predicted octanol–water partition coefficient (Wildman–Crippen LogP) is 10.9. The van der Waals surface area contributed by atoms with Gasteiger partial charge in [0.15, 0.2) is 0 Å². The molecule has 238 valence electrons. The Bertz CT molecular complexity index is 1210. The van der Waals surface area contributed by atoms with Gasteiger partial charge in [-0.05, 0) is 126 Å². The van der Waals surface area contributed by atoms with Crippen molar-refractivity contribution in [3.8, 4) is 0 Å². The van der Waals surface area contributed by atoms with E-state index < -0.39 is 10.1 Å². The fourth-order valence-electron chi connectivity index (χ4n) is 11.1. The maximum atomic E-state index is 13.7. The highest BCUT2D eigenvalue weighted by molar-refractivity contribution is 7.86. The highest BCUT2D eigenvalue weighted by atomic mass is 32.2. The first-order valence-electron chi connectivity index (χ1n) is 17.9. The third-order valence-corrected chi connectivity index (χ3v) is 14.2. The van der Waals surface area contributed by atoms with E-state index in [-0.39, 0.29) is 16.2 Å². The van der Waals surface area contributed by atoms with Crippen LogP contribution in [0.15, 0.2) is 17.0 Å². The van der Waals surface area contributed by atoms with E-state index in [1.807, 2.05) is 0 Å². The molecule has 0 radical (unpaired) electrons. The van der Waals surface area contributed by atoms with Crippen molar-refractivity contribution in [2.75, 3.05) is 0 Å². The van der Waals surface area contributed by atoms with E-state index in [1.165, 1.54) is 76.2 Å². The van der Waals surface area contributed by atoms with Gasteiger partial charge in [0.25, 0.3) is 10.1 Å². The highest BCUT2D eigenvalue weighted by Gasteiger charge is 2.62. The van der Waals surface area contributed by atoms with Gasteiger partial charge < -0.3 is 0 Å². The average Bonchev–Trinajstić information content (AvgIpc) is 2.90. The van der Waals surface area contributed by atoms with Crippen molar-refractivity contribution in [2.45, 2.75) is 179 Å². The summed E-state index contributed by atoms with van der Waals surface area (Å²) in [5.41, 5.74) is 3.53. The Morgan fingerprint density at radius 1 is 1.02 bits per heavy atom. The van der Waals surface area contributed by atoms with Crippen molar-refractivity contribution in [3.63, 3.8) is 0 Å². The first-order valence-corrected chi connectivity index (χ1v) is 19.4. The quantitative estimate of drug-likeness (QED) is 0.171. The minimum absolute atomic E-state index is 0.0884. The summed E-state index contributed by atoms with van der Waals surface area (Å²) in [6.07, 6.45) is 20.2. The number of hydrogen-bond donors (Lipinski definition) is 1. The summed E-state index contributed by atoms with van der Waals surface area (Å²) >= 11 is 0. The highest BCUT2D eigenvalue weighted by Crippen LogP contribution is 2.71. The lowest BCUT2D eigenvalue weighted by Gasteiger charge is -2.66. The van der Waals surface area contributed by atoms with Crippen LogP contribution in [0.2, 0.25) is 0 Å². The SMILES string of the molecule is CCCCCCC1(c2cc(C(C)(CC)CC(CC)C(C)C)c(S(=O)(=O)O)c(C34CC5CCCC(C5)(C3)C4)c2)CC(C)C1. The monoisotopic (exact) mass is 598 g/mol. The summed E-state index contributed by atoms with van der Waals surface area (Å²) in [7, 11) is -4.39. The third kappa shape index (κ3) is 5.79. The fraction of sp³-hybridized carbons (Fsp3) is 0.842. The van der Waals surface area contributed by atoms with Crippen LogP contribution in [-0.4, -0.2) is 13.0 Å². The van der Waals surface area contributed by atoms with Gasteiger partial charge in [-0.3, -0.25) is 4.55 Å². The van der Waals surface area contributed by atoms with Gasteiger partial charge in [-0.15, -0.1) is 0 Å². The Morgan fingerprint density at radius 3 is 2.29 bits per heavy atom. The summed E-state index contributed by atoms with van der Waals surface area (Å²) in [6, 6.07) is 4.69. The van der Waals surface area contributed by atoms with Crippen LogP contribution in [0.1, 0.15) is 174 Å². The molecule has 0 amide bonds. The molecule has 1 aromatic carbocycles. The van der Waals surface area contributed by atoms with Gasteiger partial charge in [-0.25, -0.2) is 0 Å². The van der Waals surface area contributed by atoms with Crippen molar-refractivity contribution in [1.29, 1.82) is 0 Å². The second kappa shape index (κ2) is 11.8. The second-order valence-corrected chi connectivity index (χ2v) is 18.2. The molecule has 42 heavy (non-hydrogen) atoms. The minimum atomic E-state index is -4.39. The van der Waals surface area contributed by atoms with Crippen LogP contribution in [0, 0.1) is 29.1 Å². The van der Waals surface area contributed by atoms with E-state index in [1.54, 1.807) is 0 Å². The van der Waals surface area contributed by atoms with Crippen molar-refractivity contribution in [3.05, 3.63) is 28.8 Å². The van der Waals surface area contributed by atoms with Crippen LogP contribution in [0.4, 0.5) is 0 Å². The van der Waals surface area contributed by atoms with Gasteiger partial charge in [0, 0.05) is 0 Å². The van der Waals surface area contributed by atoms with Crippen LogP contribution < -0.4 is 0 Å². The molecule has 1 spiro atoms. The van der Waals surface area contributed by atoms with Gasteiger partial charge in [0.2, 0.25) is 0 Å². The van der Waals surface area contributed by atoms with Crippen molar-refractivity contribution < 1.29 is 13.0 Å². The Balaban J connectivity index is 1.71. The zero-order chi connectivity index (χ0) is 30.6. The molecule has 4 heteroatoms. The largest absolute Gasteiger partial charge is 0.295 e. The molecule has 0 aliphatic heterocycles. The van der Waals surface area contributed by atoms with Gasteiger partial charge in [-0.1, -0.05) is 106 Å². The van der Waals surface area contributed by atoms with Gasteiger partial charge in [-0.2, -0.15) is 8.42 Å². The van der Waals surface area contributed by atoms with Crippen LogP contribution in [-0.2, 0) is 26.4 Å². The van der Waals surface area contributed by atoms with Crippen molar-refractivity contribution in [2.24, 2.45) is 29.1 Å². The summed E-state index contributed by atoms with van der Waals surface area (Å²) < 4.78 is 38.5. The third-order valence-electron chi connectivity index (χ3n) is 13.3. The molecule has 1 N–H and O–H groups in total. The Morgan fingerprint density at radius 2 is 1.74 bits per heavy atom. The molecular weight excluding hydrogens is 536 g/mol. The lowest BCUT2D eigenvalue weighted by atomic mass is 9.38. The Kier molecular flexibility index (Phi) is 9.14. The smallest absolute Gasteiger partial charge is 0.282 e. The lowest BCUT2D eigenvalue weighted by Crippen LogP contribution is -2.58. The normalized spacial score (nSPS) is 34.4. The maximum Gasteiger partial charge on any atom is 0.295 e. The predicted molar refractivity (Wildman–Crippen MR) is 176 cm³/mol. The molecule has 3 unspecified atom stereocenters. The van der Waals surface area contributed by atoms with Crippen LogP contribution in [0.25, 0.3) is 0 Å². The molecule has 5 aliphatic rings. The van der Waals surface area contributed by atoms with E-state index in [2.05, 4.69) is 60.6 Å². The molecule has 1 aromatic rings. The van der Waals surface area contributed by atoms with E-state index in [0.29, 0.717) is 34.0 Å². The molecule has 0 heterocycles. The average molecular weight is 599 g/mol. The topological polar surface area (TPSA) is 54.4 Å². The van der Waals surface area contributed by atoms with E-state index in [9.17, 15) is 13.0 Å². The molecule has 0 saturated heterocycles. The number of rotatable bonds is 14. The molecule has 3 bridgehead atoms. The summed E-state index contributed by atoms with van der Waals surface area (Å²) in [5, 5.41) is 0. The Labute approximate surface area is 259 Å². The lowest BCUT2D eigenvalue weighted by molar-refractivity contribution is -0.0991. The number of benzene rings is 1. The fourth-order valence-corrected chi connectivity index (χ4v) is 12.3. The maximum absolute atomic E-state index is 13.7. The van der Waals surface area contributed by atoms with E-state index in [0.717, 1.165) is 49.7 Å². The summed E-state index contributed by atoms with van der Waals surface area (Å²) in [5.74, 6) is 2.48. The zero-order valence-electron chi connectivity index (χ0n) is 28.2. The molecule has 3 atom stereocenters. The molecule has 3 nitrogen and oxygen atoms in total. The van der Waals surface area contributed by atoms with Crippen molar-refractivity contribution in [1.82, 2.24) is 0 Å². The zero-order valence-corrected chi connectivity index (χ0v) is 29.0. The molecule has 6 rings (SSSR count). The van der Waals surface area contributed by atoms with Crippen LogP contribution >= 0.6 is 0 Å². The first-order chi connectivity index (χ1) is 19.7. The Hall–Kier alpha value is -0.870. The van der Waals surface area contributed by atoms with Gasteiger partial charge in [0.05, 0.1) is 0 Å². The van der Waals surface area contributed by atoms with Gasteiger partial charge >= 0.3 is 0 Å². The van der Waals surface area contributed by atoms with Crippen molar-refractivity contribution >= 4 is 10.1 Å². The van der Waals surface area contributed by atoms with E-state index >= 15 is 0 Å². The molecule has 5 saturated carbocycles. The molecule has 0 aromatic heterocycles. The molecular formula is C38H62O3S. The molecule has 5 aliphatic carbocycles. The van der Waals surface area contributed by atoms with E-state index in [4.69, 9.17) is 0 Å². The standard InChI is InChI=1S/C38H62O3S/c1-8-11-12-13-17-37(20-28(6)21-37)31-18-32(35(7,10-3)24-30(9-2)27(4)5)34(42(39,40)41)33(19-31)38-23-29-15-14-16-36(22-29,25-38)26-38/h18-19,27-30H,8-17,20-26H2,1-7H3,(H,39,40,41). The summed E-state index contributed by atoms with van der Waals surface area (Å²) in [4.78, 5) is 0.317. The first kappa shape index (κ1) is 32.5. The number of unbranched alkanes of at least 4 members (excludes halogenated alkanes) is 3. The van der Waals surface area contributed by atoms with Crippen LogP contribution in [0.5, 0.6) is 0 Å². The minimum Gasteiger partial charge on any atom is -0.282 e. The molecule has 5 fully saturated rings. The summed E-state index contributed by atoms with van der Waals surface area (Å²) in [6.45, 7) is 16.1. The van der Waals surface area contributed by atoms with Crippen LogP contribution in [0.3, 0.4) is 0 Å². The second-order valence-electron chi connectivity index (χ2n) is 16.8. The van der Waals surface area contributed by atoms with Gasteiger partial charge in [0.1, 0.15) is 4.90 Å².